The summed E-state index contributed by atoms with van der Waals surface area (Å²) in [6, 6.07) is 3.92. The van der Waals surface area contributed by atoms with E-state index in [0.717, 1.165) is 17.4 Å². The predicted octanol–water partition coefficient (Wildman–Crippen LogP) is 2.13. The second-order valence-electron chi connectivity index (χ2n) is 3.39. The summed E-state index contributed by atoms with van der Waals surface area (Å²) in [5, 5.41) is 4.26. The molecule has 0 aromatic carbocycles. The number of aromatic nitrogens is 2. The van der Waals surface area contributed by atoms with E-state index in [1.165, 1.54) is 24.4 Å². The normalized spacial score (nSPS) is 10.1. The highest BCUT2D eigenvalue weighted by Crippen LogP contribution is 2.16. The van der Waals surface area contributed by atoms with Crippen molar-refractivity contribution in [1.82, 2.24) is 9.97 Å². The number of halogens is 1. The molecule has 5 nitrogen and oxygen atoms in total. The van der Waals surface area contributed by atoms with Gasteiger partial charge >= 0.3 is 0 Å². The highest BCUT2D eigenvalue weighted by Gasteiger charge is 2.12. The van der Waals surface area contributed by atoms with Crippen LogP contribution in [-0.4, -0.2) is 21.7 Å². The Morgan fingerprint density at radius 1 is 1.28 bits per heavy atom. The number of amides is 1. The average molecular weight is 265 g/mol. The summed E-state index contributed by atoms with van der Waals surface area (Å²) in [4.78, 5) is 30.1. The van der Waals surface area contributed by atoms with Crippen molar-refractivity contribution in [1.29, 1.82) is 0 Å². The molecule has 92 valence electrons. The van der Waals surface area contributed by atoms with Crippen molar-refractivity contribution in [2.75, 3.05) is 5.32 Å². The van der Waals surface area contributed by atoms with Crippen molar-refractivity contribution >= 4 is 28.2 Å². The Bertz CT molecular complexity index is 612. The van der Waals surface area contributed by atoms with Crippen LogP contribution in [0.25, 0.3) is 0 Å². The van der Waals surface area contributed by atoms with E-state index in [1.54, 1.807) is 0 Å². The number of carbonyl (C=O) groups excluding carboxylic acids is 2. The van der Waals surface area contributed by atoms with Gasteiger partial charge < -0.3 is 0 Å². The zero-order valence-electron chi connectivity index (χ0n) is 9.31. The third kappa shape index (κ3) is 2.75. The van der Waals surface area contributed by atoms with Gasteiger partial charge in [0, 0.05) is 12.3 Å². The van der Waals surface area contributed by atoms with Gasteiger partial charge in [0.2, 0.25) is 5.95 Å². The van der Waals surface area contributed by atoms with Crippen molar-refractivity contribution in [3.05, 3.63) is 40.9 Å². The summed E-state index contributed by atoms with van der Waals surface area (Å²) in [6.45, 7) is 1.38. The fraction of sp³-hybridized carbons (Fsp3) is 0.0909. The van der Waals surface area contributed by atoms with E-state index < -0.39 is 11.9 Å². The van der Waals surface area contributed by atoms with E-state index in [1.807, 2.05) is 0 Å². The average Bonchev–Trinajstić information content (AvgIpc) is 2.77. The van der Waals surface area contributed by atoms with Crippen LogP contribution < -0.4 is 5.32 Å². The molecule has 2 aromatic rings. The molecule has 0 fully saturated rings. The minimum atomic E-state index is -0.730. The van der Waals surface area contributed by atoms with Crippen molar-refractivity contribution in [3.63, 3.8) is 0 Å². The molecule has 2 aromatic heterocycles. The van der Waals surface area contributed by atoms with E-state index in [9.17, 15) is 14.0 Å². The lowest BCUT2D eigenvalue weighted by Crippen LogP contribution is -2.14. The van der Waals surface area contributed by atoms with Crippen LogP contribution in [0.15, 0.2) is 23.6 Å². The van der Waals surface area contributed by atoms with Crippen LogP contribution in [0.4, 0.5) is 9.52 Å². The minimum Gasteiger partial charge on any atom is -0.296 e. The molecule has 1 amide bonds. The fourth-order valence-corrected chi connectivity index (χ4v) is 1.93. The summed E-state index contributed by atoms with van der Waals surface area (Å²) in [7, 11) is 0. The third-order valence-corrected chi connectivity index (χ3v) is 2.79. The molecular formula is C11H8FN3O2S. The first-order chi connectivity index (χ1) is 8.56. The first-order valence-corrected chi connectivity index (χ1v) is 5.84. The van der Waals surface area contributed by atoms with Crippen LogP contribution in [0.5, 0.6) is 0 Å². The third-order valence-electron chi connectivity index (χ3n) is 2.03. The summed E-state index contributed by atoms with van der Waals surface area (Å²) >= 11 is 1.12. The van der Waals surface area contributed by atoms with Crippen molar-refractivity contribution < 1.29 is 14.0 Å². The Labute approximate surface area is 106 Å². The number of ketones is 1. The number of nitrogens with one attached hydrogen (secondary N) is 1. The number of nitrogens with zero attached hydrogens (tertiary/aromatic N) is 2. The van der Waals surface area contributed by atoms with Crippen LogP contribution in [0, 0.1) is 5.95 Å². The summed E-state index contributed by atoms with van der Waals surface area (Å²) < 4.78 is 12.8. The zero-order chi connectivity index (χ0) is 13.1. The molecule has 0 saturated carbocycles. The molecule has 0 radical (unpaired) electrons. The van der Waals surface area contributed by atoms with E-state index in [0.29, 0.717) is 0 Å². The van der Waals surface area contributed by atoms with E-state index in [-0.39, 0.29) is 22.3 Å². The molecule has 18 heavy (non-hydrogen) atoms. The van der Waals surface area contributed by atoms with Crippen LogP contribution in [-0.2, 0) is 0 Å². The van der Waals surface area contributed by atoms with Crippen molar-refractivity contribution in [2.45, 2.75) is 6.92 Å². The Kier molecular flexibility index (Phi) is 3.42. The largest absolute Gasteiger partial charge is 0.296 e. The number of hydrogen-bond donors (Lipinski definition) is 1. The zero-order valence-corrected chi connectivity index (χ0v) is 10.1. The number of Topliss-reactive ketones (excluding diaryl/α,β-unsaturated/α-hetero) is 1. The molecule has 0 spiro atoms. The SMILES string of the molecule is CC(=O)c1csc(NC(=O)c2cccc(F)n2)n1. The molecule has 0 saturated heterocycles. The Morgan fingerprint density at radius 2 is 2.06 bits per heavy atom. The van der Waals surface area contributed by atoms with Crippen LogP contribution >= 0.6 is 11.3 Å². The molecular weight excluding hydrogens is 257 g/mol. The van der Waals surface area contributed by atoms with Crippen LogP contribution in [0.1, 0.15) is 27.9 Å². The Hall–Kier alpha value is -2.15. The topological polar surface area (TPSA) is 72.0 Å². The number of rotatable bonds is 3. The standard InChI is InChI=1S/C11H8FN3O2S/c1-6(16)8-5-18-11(14-8)15-10(17)7-3-2-4-9(12)13-7/h2-5H,1H3,(H,14,15,17). The molecule has 2 rings (SSSR count). The minimum absolute atomic E-state index is 0.0467. The van der Waals surface area contributed by atoms with Gasteiger partial charge in [-0.3, -0.25) is 14.9 Å². The lowest BCUT2D eigenvalue weighted by atomic mass is 10.3. The summed E-state index contributed by atoms with van der Waals surface area (Å²) in [6.07, 6.45) is 0. The molecule has 1 N–H and O–H groups in total. The Morgan fingerprint density at radius 3 is 2.67 bits per heavy atom. The Balaban J connectivity index is 2.13. The number of pyridine rings is 1. The van der Waals surface area contributed by atoms with Gasteiger partial charge in [-0.2, -0.15) is 4.39 Å². The number of anilines is 1. The maximum Gasteiger partial charge on any atom is 0.276 e. The molecule has 2 heterocycles. The quantitative estimate of drug-likeness (QED) is 0.681. The molecule has 0 aliphatic heterocycles. The van der Waals surface area contributed by atoms with Crippen molar-refractivity contribution in [3.8, 4) is 0 Å². The van der Waals surface area contributed by atoms with Gasteiger partial charge in [-0.15, -0.1) is 11.3 Å². The van der Waals surface area contributed by atoms with Gasteiger partial charge in [-0.1, -0.05) is 6.07 Å². The second-order valence-corrected chi connectivity index (χ2v) is 4.25. The first kappa shape index (κ1) is 12.3. The summed E-state index contributed by atoms with van der Waals surface area (Å²) in [5.74, 6) is -1.49. The van der Waals surface area contributed by atoms with Gasteiger partial charge in [0.1, 0.15) is 11.4 Å². The monoisotopic (exact) mass is 265 g/mol. The van der Waals surface area contributed by atoms with Crippen LogP contribution in [0.2, 0.25) is 0 Å². The fourth-order valence-electron chi connectivity index (χ4n) is 1.19. The van der Waals surface area contributed by atoms with Gasteiger partial charge in [-0.25, -0.2) is 9.97 Å². The van der Waals surface area contributed by atoms with E-state index in [2.05, 4.69) is 15.3 Å². The number of carbonyl (C=O) groups is 2. The molecule has 0 aliphatic carbocycles. The van der Waals surface area contributed by atoms with E-state index >= 15 is 0 Å². The smallest absolute Gasteiger partial charge is 0.276 e. The molecule has 0 aliphatic rings. The maximum atomic E-state index is 12.8. The lowest BCUT2D eigenvalue weighted by molar-refractivity contribution is 0.100. The summed E-state index contributed by atoms with van der Waals surface area (Å²) in [5.41, 5.74) is 0.233. The van der Waals surface area contributed by atoms with Gasteiger partial charge in [0.25, 0.3) is 5.91 Å². The molecule has 0 atom stereocenters. The molecule has 0 unspecified atom stereocenters. The predicted molar refractivity (Wildman–Crippen MR) is 64.3 cm³/mol. The lowest BCUT2D eigenvalue weighted by Gasteiger charge is -2.00. The molecule has 0 bridgehead atoms. The van der Waals surface area contributed by atoms with Crippen molar-refractivity contribution in [2.24, 2.45) is 0 Å². The first-order valence-electron chi connectivity index (χ1n) is 4.96. The van der Waals surface area contributed by atoms with E-state index in [4.69, 9.17) is 0 Å². The molecule has 7 heteroatoms. The van der Waals surface area contributed by atoms with Gasteiger partial charge in [0.15, 0.2) is 10.9 Å². The van der Waals surface area contributed by atoms with Gasteiger partial charge in [0.05, 0.1) is 0 Å². The number of hydrogen-bond acceptors (Lipinski definition) is 5. The van der Waals surface area contributed by atoms with Gasteiger partial charge in [-0.05, 0) is 12.1 Å². The van der Waals surface area contributed by atoms with Crippen LogP contribution in [0.3, 0.4) is 0 Å². The number of thiazole rings is 1. The highest BCUT2D eigenvalue weighted by atomic mass is 32.1. The second kappa shape index (κ2) is 5.01. The maximum absolute atomic E-state index is 12.8. The highest BCUT2D eigenvalue weighted by molar-refractivity contribution is 7.14.